The zero-order valence-corrected chi connectivity index (χ0v) is 18.7. The van der Waals surface area contributed by atoms with Gasteiger partial charge in [-0.2, -0.15) is 13.2 Å². The summed E-state index contributed by atoms with van der Waals surface area (Å²) in [6, 6.07) is 8.19. The van der Waals surface area contributed by atoms with E-state index in [9.17, 15) is 23.1 Å². The van der Waals surface area contributed by atoms with Crippen LogP contribution in [0.3, 0.4) is 0 Å². The molecule has 1 atom stereocenters. The van der Waals surface area contributed by atoms with Crippen LogP contribution in [-0.2, 0) is 11.0 Å². The van der Waals surface area contributed by atoms with Gasteiger partial charge in [0, 0.05) is 4.47 Å². The van der Waals surface area contributed by atoms with Gasteiger partial charge in [-0.1, -0.05) is 28.1 Å². The number of rotatable bonds is 6. The third-order valence-electron chi connectivity index (χ3n) is 5.57. The number of methoxy groups -OCH3 is 2. The van der Waals surface area contributed by atoms with E-state index in [1.165, 1.54) is 20.3 Å². The van der Waals surface area contributed by atoms with Crippen LogP contribution in [0.25, 0.3) is 0 Å². The first-order chi connectivity index (χ1) is 14.7. The standard InChI is InChI=1S/C22H23BrF3NO4/c1-30-18-11-16(17(23)12-19(18)31-2)20(27-8-6-13(7-9-27)21(28)29)14-4-3-5-15(10-14)22(24,25)26/h3-5,10-13,20H,6-9H2,1-2H3,(H,28,29). The Labute approximate surface area is 186 Å². The summed E-state index contributed by atoms with van der Waals surface area (Å²) in [4.78, 5) is 13.4. The lowest BCUT2D eigenvalue weighted by Gasteiger charge is -2.38. The van der Waals surface area contributed by atoms with Gasteiger partial charge in [0.25, 0.3) is 0 Å². The number of carboxylic acid groups (broad SMARTS) is 1. The SMILES string of the molecule is COc1cc(Br)c(C(c2cccc(C(F)(F)F)c2)N2CCC(C(=O)O)CC2)cc1OC. The van der Waals surface area contributed by atoms with E-state index in [-0.39, 0.29) is 0 Å². The van der Waals surface area contributed by atoms with Crippen LogP contribution in [-0.4, -0.2) is 43.3 Å². The molecule has 1 N–H and O–H groups in total. The van der Waals surface area contributed by atoms with Crippen molar-refractivity contribution in [1.82, 2.24) is 4.90 Å². The van der Waals surface area contributed by atoms with Crippen molar-refractivity contribution in [2.45, 2.75) is 25.1 Å². The molecule has 0 saturated carbocycles. The molecule has 0 bridgehead atoms. The van der Waals surface area contributed by atoms with Crippen molar-refractivity contribution in [3.63, 3.8) is 0 Å². The maximum absolute atomic E-state index is 13.4. The number of likely N-dealkylation sites (tertiary alicyclic amines) is 1. The molecular formula is C22H23BrF3NO4. The van der Waals surface area contributed by atoms with E-state index < -0.39 is 29.7 Å². The fraction of sp³-hybridized carbons (Fsp3) is 0.409. The Morgan fingerprint density at radius 1 is 1.13 bits per heavy atom. The first-order valence-corrected chi connectivity index (χ1v) is 10.5. The highest BCUT2D eigenvalue weighted by Gasteiger charge is 2.34. The van der Waals surface area contributed by atoms with E-state index in [0.717, 1.165) is 12.1 Å². The summed E-state index contributed by atoms with van der Waals surface area (Å²) in [5.41, 5.74) is 0.453. The molecule has 0 spiro atoms. The van der Waals surface area contributed by atoms with E-state index in [0.29, 0.717) is 53.0 Å². The lowest BCUT2D eigenvalue weighted by molar-refractivity contribution is -0.143. The highest BCUT2D eigenvalue weighted by Crippen LogP contribution is 2.42. The van der Waals surface area contributed by atoms with Crippen molar-refractivity contribution >= 4 is 21.9 Å². The summed E-state index contributed by atoms with van der Waals surface area (Å²) in [5, 5.41) is 9.31. The number of carboxylic acids is 1. The molecule has 168 valence electrons. The summed E-state index contributed by atoms with van der Waals surface area (Å²) in [6.07, 6.45) is -3.61. The molecule has 2 aromatic carbocycles. The summed E-state index contributed by atoms with van der Waals surface area (Å²) in [7, 11) is 3.00. The lowest BCUT2D eigenvalue weighted by Crippen LogP contribution is -2.39. The molecule has 1 saturated heterocycles. The largest absolute Gasteiger partial charge is 0.493 e. The number of nitrogens with zero attached hydrogens (tertiary/aromatic N) is 1. The Kier molecular flexibility index (Phi) is 7.16. The molecule has 0 amide bonds. The lowest BCUT2D eigenvalue weighted by atomic mass is 9.90. The van der Waals surface area contributed by atoms with Gasteiger partial charge in [-0.3, -0.25) is 9.69 Å². The van der Waals surface area contributed by atoms with E-state index >= 15 is 0 Å². The summed E-state index contributed by atoms with van der Waals surface area (Å²) >= 11 is 3.53. The van der Waals surface area contributed by atoms with Crippen LogP contribution >= 0.6 is 15.9 Å². The van der Waals surface area contributed by atoms with Crippen LogP contribution in [0.4, 0.5) is 13.2 Å². The minimum Gasteiger partial charge on any atom is -0.493 e. The zero-order chi connectivity index (χ0) is 22.8. The van der Waals surface area contributed by atoms with Crippen molar-refractivity contribution in [1.29, 1.82) is 0 Å². The van der Waals surface area contributed by atoms with Gasteiger partial charge in [-0.25, -0.2) is 0 Å². The van der Waals surface area contributed by atoms with Crippen molar-refractivity contribution in [3.05, 3.63) is 57.6 Å². The average Bonchev–Trinajstić information content (AvgIpc) is 2.74. The molecule has 0 aliphatic carbocycles. The summed E-state index contributed by atoms with van der Waals surface area (Å²) < 4.78 is 51.6. The summed E-state index contributed by atoms with van der Waals surface area (Å²) in [6.45, 7) is 0.886. The van der Waals surface area contributed by atoms with Gasteiger partial charge < -0.3 is 14.6 Å². The van der Waals surface area contributed by atoms with Gasteiger partial charge in [0.15, 0.2) is 11.5 Å². The van der Waals surface area contributed by atoms with Crippen molar-refractivity contribution in [2.75, 3.05) is 27.3 Å². The van der Waals surface area contributed by atoms with Gasteiger partial charge in [0.1, 0.15) is 0 Å². The maximum Gasteiger partial charge on any atom is 0.416 e. The molecule has 31 heavy (non-hydrogen) atoms. The molecule has 5 nitrogen and oxygen atoms in total. The monoisotopic (exact) mass is 501 g/mol. The first kappa shape index (κ1) is 23.4. The minimum atomic E-state index is -4.47. The second kappa shape index (κ2) is 9.48. The number of hydrogen-bond donors (Lipinski definition) is 1. The molecule has 2 aromatic rings. The van der Waals surface area contributed by atoms with Gasteiger partial charge >= 0.3 is 12.1 Å². The molecule has 1 heterocycles. The molecule has 1 fully saturated rings. The molecule has 1 aliphatic heterocycles. The van der Waals surface area contributed by atoms with E-state index in [4.69, 9.17) is 9.47 Å². The van der Waals surface area contributed by atoms with Gasteiger partial charge in [0.2, 0.25) is 0 Å². The highest BCUT2D eigenvalue weighted by atomic mass is 79.9. The smallest absolute Gasteiger partial charge is 0.416 e. The van der Waals surface area contributed by atoms with Gasteiger partial charge in [-0.15, -0.1) is 0 Å². The van der Waals surface area contributed by atoms with Crippen LogP contribution in [0, 0.1) is 5.92 Å². The molecule has 1 aliphatic rings. The van der Waals surface area contributed by atoms with Crippen LogP contribution in [0.15, 0.2) is 40.9 Å². The number of benzene rings is 2. The predicted octanol–water partition coefficient (Wildman–Crippen LogP) is 5.37. The number of halogens is 4. The Morgan fingerprint density at radius 3 is 2.29 bits per heavy atom. The third kappa shape index (κ3) is 5.15. The summed E-state index contributed by atoms with van der Waals surface area (Å²) in [5.74, 6) is -0.349. The van der Waals surface area contributed by atoms with Gasteiger partial charge in [0.05, 0.1) is 31.7 Å². The van der Waals surface area contributed by atoms with Crippen LogP contribution < -0.4 is 9.47 Å². The second-order valence-corrected chi connectivity index (χ2v) is 8.26. The Hall–Kier alpha value is -2.26. The fourth-order valence-electron chi connectivity index (χ4n) is 3.96. The fourth-order valence-corrected chi connectivity index (χ4v) is 4.50. The highest BCUT2D eigenvalue weighted by molar-refractivity contribution is 9.10. The number of alkyl halides is 3. The van der Waals surface area contributed by atoms with Crippen molar-refractivity contribution in [2.24, 2.45) is 5.92 Å². The first-order valence-electron chi connectivity index (χ1n) is 9.71. The number of carbonyl (C=O) groups is 1. The average molecular weight is 502 g/mol. The molecule has 1 unspecified atom stereocenters. The normalized spacial score (nSPS) is 16.7. The number of ether oxygens (including phenoxy) is 2. The van der Waals surface area contributed by atoms with Crippen molar-refractivity contribution in [3.8, 4) is 11.5 Å². The van der Waals surface area contributed by atoms with Gasteiger partial charge in [-0.05, 0) is 61.3 Å². The Bertz CT molecular complexity index is 943. The van der Waals surface area contributed by atoms with Crippen LogP contribution in [0.5, 0.6) is 11.5 Å². The second-order valence-electron chi connectivity index (χ2n) is 7.40. The zero-order valence-electron chi connectivity index (χ0n) is 17.1. The topological polar surface area (TPSA) is 59.0 Å². The molecular weight excluding hydrogens is 479 g/mol. The number of aliphatic carboxylic acids is 1. The molecule has 0 radical (unpaired) electrons. The third-order valence-corrected chi connectivity index (χ3v) is 6.26. The number of piperidine rings is 1. The van der Waals surface area contributed by atoms with Crippen molar-refractivity contribution < 1.29 is 32.5 Å². The number of hydrogen-bond acceptors (Lipinski definition) is 4. The van der Waals surface area contributed by atoms with E-state index in [1.54, 1.807) is 18.2 Å². The molecule has 3 rings (SSSR count). The maximum atomic E-state index is 13.4. The van der Waals surface area contributed by atoms with E-state index in [1.807, 2.05) is 4.90 Å². The minimum absolute atomic E-state index is 0.426. The quantitative estimate of drug-likeness (QED) is 0.576. The van der Waals surface area contributed by atoms with Crippen LogP contribution in [0.2, 0.25) is 0 Å². The predicted molar refractivity (Wildman–Crippen MR) is 112 cm³/mol. The molecule has 0 aromatic heterocycles. The van der Waals surface area contributed by atoms with E-state index in [2.05, 4.69) is 15.9 Å². The Morgan fingerprint density at radius 2 is 1.74 bits per heavy atom. The van der Waals surface area contributed by atoms with Crippen LogP contribution in [0.1, 0.15) is 35.6 Å². The Balaban J connectivity index is 2.09. The molecule has 9 heteroatoms.